The van der Waals surface area contributed by atoms with E-state index in [4.69, 9.17) is 9.47 Å². The minimum Gasteiger partial charge on any atom is -0.480 e. The van der Waals surface area contributed by atoms with E-state index in [-0.39, 0.29) is 36.2 Å². The van der Waals surface area contributed by atoms with Crippen LogP contribution < -0.4 is 10.2 Å². The number of hydrogen-bond donors (Lipinski definition) is 3. The molecule has 4 aromatic rings. The van der Waals surface area contributed by atoms with E-state index >= 15 is 0 Å². The monoisotopic (exact) mass is 741 g/mol. The summed E-state index contributed by atoms with van der Waals surface area (Å²) in [5.74, 6) is -2.56. The second-order valence-corrected chi connectivity index (χ2v) is 14.7. The van der Waals surface area contributed by atoms with Gasteiger partial charge in [0.2, 0.25) is 11.8 Å². The van der Waals surface area contributed by atoms with Gasteiger partial charge in [0.1, 0.15) is 36.7 Å². The van der Waals surface area contributed by atoms with Crippen LogP contribution in [0.25, 0.3) is 0 Å². The number of carboxylic acids is 1. The molecule has 2 amide bonds. The lowest BCUT2D eigenvalue weighted by molar-refractivity contribution is -0.212. The van der Waals surface area contributed by atoms with Crippen LogP contribution in [-0.4, -0.2) is 74.2 Å². The molecule has 12 nitrogen and oxygen atoms in total. The van der Waals surface area contributed by atoms with Gasteiger partial charge in [0.05, 0.1) is 31.3 Å². The maximum Gasteiger partial charge on any atom is 0.326 e. The molecule has 3 N–H and O–H groups in total. The molecule has 0 saturated carbocycles. The van der Waals surface area contributed by atoms with Gasteiger partial charge in [-0.1, -0.05) is 62.4 Å². The summed E-state index contributed by atoms with van der Waals surface area (Å²) in [6, 6.07) is 20.8. The Morgan fingerprint density at radius 2 is 1.70 bits per heavy atom. The standard InChI is InChI=1S/C41H48FN5O7/c1-27(2)37(40(51)52)45-36(49)22-54-41(23-53-24-41)20-19-29-5-9-31(10-6-29)38-34(17-18-35(48)30-11-13-32(42)14-12-30)39(50)47(38)33-15-7-28(8-16-33)4-3-21-46-26-43-25-44-46/h5-16,25-27,34-35,37-38,48H,3-4,17-24H2,1-2H3,(H,45,49)(H,51,52)/t34-,35?,37?,38-/m1/s1. The lowest BCUT2D eigenvalue weighted by Gasteiger charge is -2.48. The van der Waals surface area contributed by atoms with Crippen molar-refractivity contribution < 1.29 is 38.5 Å². The van der Waals surface area contributed by atoms with Crippen LogP contribution in [0.2, 0.25) is 0 Å². The minimum atomic E-state index is -1.09. The molecule has 2 fully saturated rings. The van der Waals surface area contributed by atoms with Gasteiger partial charge in [-0.25, -0.2) is 14.2 Å². The molecule has 13 heteroatoms. The number of aliphatic hydroxyl groups excluding tert-OH is 1. The lowest BCUT2D eigenvalue weighted by Crippen LogP contribution is -2.55. The summed E-state index contributed by atoms with van der Waals surface area (Å²) in [7, 11) is 0. The van der Waals surface area contributed by atoms with E-state index in [0.29, 0.717) is 44.5 Å². The van der Waals surface area contributed by atoms with Gasteiger partial charge in [-0.2, -0.15) is 5.10 Å². The molecule has 286 valence electrons. The number of carbonyl (C=O) groups excluding carboxylic acids is 2. The average molecular weight is 742 g/mol. The molecular formula is C41H48FN5O7. The second-order valence-electron chi connectivity index (χ2n) is 14.7. The molecule has 0 aliphatic carbocycles. The zero-order valence-corrected chi connectivity index (χ0v) is 30.6. The van der Waals surface area contributed by atoms with E-state index in [1.165, 1.54) is 18.5 Å². The molecule has 4 atom stereocenters. The van der Waals surface area contributed by atoms with E-state index in [0.717, 1.165) is 41.8 Å². The summed E-state index contributed by atoms with van der Waals surface area (Å²) in [6.07, 6.45) is 6.24. The van der Waals surface area contributed by atoms with Crippen molar-refractivity contribution >= 4 is 23.5 Å². The van der Waals surface area contributed by atoms with Crippen LogP contribution >= 0.6 is 0 Å². The summed E-state index contributed by atoms with van der Waals surface area (Å²) in [6.45, 7) is 4.66. The number of hydrogen-bond acceptors (Lipinski definition) is 8. The Kier molecular flexibility index (Phi) is 12.5. The Labute approximate surface area is 314 Å². The van der Waals surface area contributed by atoms with Gasteiger partial charge >= 0.3 is 5.97 Å². The van der Waals surface area contributed by atoms with Gasteiger partial charge in [-0.15, -0.1) is 0 Å². The van der Waals surface area contributed by atoms with E-state index in [1.807, 2.05) is 41.3 Å². The number of anilines is 1. The number of rotatable bonds is 19. The summed E-state index contributed by atoms with van der Waals surface area (Å²) in [5, 5.41) is 27.0. The van der Waals surface area contributed by atoms with Crippen LogP contribution in [0.4, 0.5) is 10.1 Å². The number of aromatic nitrogens is 3. The number of ether oxygens (including phenoxy) is 2. The number of aliphatic hydroxyl groups is 1. The summed E-state index contributed by atoms with van der Waals surface area (Å²) in [4.78, 5) is 43.6. The molecule has 6 rings (SSSR count). The smallest absolute Gasteiger partial charge is 0.326 e. The molecule has 0 spiro atoms. The Morgan fingerprint density at radius 1 is 1.02 bits per heavy atom. The predicted molar refractivity (Wildman–Crippen MR) is 198 cm³/mol. The molecule has 3 aromatic carbocycles. The van der Waals surface area contributed by atoms with Crippen LogP contribution in [0.15, 0.2) is 85.5 Å². The first-order chi connectivity index (χ1) is 26.0. The van der Waals surface area contributed by atoms with Crippen LogP contribution in [0.1, 0.15) is 73.9 Å². The number of halogens is 1. The predicted octanol–water partition coefficient (Wildman–Crippen LogP) is 5.21. The Balaban J connectivity index is 1.10. The molecule has 2 aliphatic heterocycles. The van der Waals surface area contributed by atoms with Crippen molar-refractivity contribution in [2.45, 2.75) is 82.7 Å². The number of nitrogens with one attached hydrogen (secondary N) is 1. The first kappa shape index (κ1) is 38.7. The second kappa shape index (κ2) is 17.4. The number of β-lactam (4-membered cyclic amide) rings is 1. The van der Waals surface area contributed by atoms with Crippen LogP contribution in [-0.2, 0) is 43.2 Å². The van der Waals surface area contributed by atoms with E-state index < -0.39 is 29.6 Å². The van der Waals surface area contributed by atoms with Gasteiger partial charge in [-0.3, -0.25) is 14.3 Å². The highest BCUT2D eigenvalue weighted by molar-refractivity contribution is 6.03. The van der Waals surface area contributed by atoms with Crippen molar-refractivity contribution in [2.24, 2.45) is 11.8 Å². The molecule has 1 aromatic heterocycles. The third-order valence-electron chi connectivity index (χ3n) is 10.4. The van der Waals surface area contributed by atoms with Gasteiger partial charge in [0.15, 0.2) is 0 Å². The molecule has 0 radical (unpaired) electrons. The SMILES string of the molecule is CC(C)C(NC(=O)COC1(CCc2ccc([C@@H]3[C@@H](CCC(O)c4ccc(F)cc4)C(=O)N3c3ccc(CCCn4cncn4)cc3)cc2)COC1)C(=O)O. The average Bonchev–Trinajstić information content (AvgIpc) is 3.67. The van der Waals surface area contributed by atoms with Crippen molar-refractivity contribution in [1.82, 2.24) is 20.1 Å². The number of aliphatic carboxylic acids is 1. The first-order valence-electron chi connectivity index (χ1n) is 18.5. The third-order valence-corrected chi connectivity index (χ3v) is 10.4. The zero-order valence-electron chi connectivity index (χ0n) is 30.6. The zero-order chi connectivity index (χ0) is 38.2. The molecule has 2 saturated heterocycles. The molecule has 54 heavy (non-hydrogen) atoms. The number of nitrogens with zero attached hydrogens (tertiary/aromatic N) is 4. The maximum absolute atomic E-state index is 13.8. The molecule has 0 bridgehead atoms. The summed E-state index contributed by atoms with van der Waals surface area (Å²) < 4.78 is 26.7. The fourth-order valence-corrected chi connectivity index (χ4v) is 7.14. The highest BCUT2D eigenvalue weighted by Crippen LogP contribution is 2.46. The van der Waals surface area contributed by atoms with Crippen molar-refractivity contribution in [3.63, 3.8) is 0 Å². The Hall–Kier alpha value is -4.98. The van der Waals surface area contributed by atoms with E-state index in [1.54, 1.807) is 37.0 Å². The molecule has 2 aliphatic rings. The molecule has 3 heterocycles. The third kappa shape index (κ3) is 9.38. The van der Waals surface area contributed by atoms with Gasteiger partial charge < -0.3 is 29.9 Å². The topological polar surface area (TPSA) is 156 Å². The quantitative estimate of drug-likeness (QED) is 0.110. The fraction of sp³-hybridized carbons (Fsp3) is 0.439. The van der Waals surface area contributed by atoms with Crippen molar-refractivity contribution in [2.75, 3.05) is 24.7 Å². The van der Waals surface area contributed by atoms with Gasteiger partial charge in [0, 0.05) is 12.2 Å². The van der Waals surface area contributed by atoms with Crippen LogP contribution in [0.3, 0.4) is 0 Å². The lowest BCUT2D eigenvalue weighted by atomic mass is 9.78. The highest BCUT2D eigenvalue weighted by Gasteiger charge is 2.48. The van der Waals surface area contributed by atoms with Crippen molar-refractivity contribution in [1.29, 1.82) is 0 Å². The number of carboxylic acid groups (broad SMARTS) is 1. The fourth-order valence-electron chi connectivity index (χ4n) is 7.14. The molecule has 2 unspecified atom stereocenters. The normalized spacial score (nSPS) is 18.8. The van der Waals surface area contributed by atoms with Crippen LogP contribution in [0.5, 0.6) is 0 Å². The van der Waals surface area contributed by atoms with E-state index in [2.05, 4.69) is 27.5 Å². The van der Waals surface area contributed by atoms with E-state index in [9.17, 15) is 29.0 Å². The largest absolute Gasteiger partial charge is 0.480 e. The Morgan fingerprint density at radius 3 is 2.31 bits per heavy atom. The first-order valence-corrected chi connectivity index (χ1v) is 18.5. The molecular weight excluding hydrogens is 693 g/mol. The Bertz CT molecular complexity index is 1850. The number of benzene rings is 3. The van der Waals surface area contributed by atoms with Crippen LogP contribution in [0, 0.1) is 17.7 Å². The summed E-state index contributed by atoms with van der Waals surface area (Å²) in [5.41, 5.74) is 3.97. The van der Waals surface area contributed by atoms with Gasteiger partial charge in [0.25, 0.3) is 0 Å². The van der Waals surface area contributed by atoms with Gasteiger partial charge in [-0.05, 0) is 91.0 Å². The minimum absolute atomic E-state index is 0.00880. The number of carbonyl (C=O) groups is 3. The maximum atomic E-state index is 13.8. The number of amides is 2. The summed E-state index contributed by atoms with van der Waals surface area (Å²) >= 11 is 0. The van der Waals surface area contributed by atoms with Crippen molar-refractivity contribution in [3.8, 4) is 0 Å². The van der Waals surface area contributed by atoms with Crippen molar-refractivity contribution in [3.05, 3.63) is 114 Å². The number of aryl methyl sites for hydroxylation is 3. The highest BCUT2D eigenvalue weighted by atomic mass is 19.1.